The number of ether oxygens (including phenoxy) is 1. The lowest BCUT2D eigenvalue weighted by molar-refractivity contribution is -0.384. The van der Waals surface area contributed by atoms with E-state index in [2.05, 4.69) is 15.3 Å². The second kappa shape index (κ2) is 7.09. The number of carbonyl (C=O) groups is 1. The summed E-state index contributed by atoms with van der Waals surface area (Å²) in [6.45, 7) is 0. The van der Waals surface area contributed by atoms with Gasteiger partial charge in [-0.3, -0.25) is 14.9 Å². The van der Waals surface area contributed by atoms with Crippen molar-refractivity contribution in [1.29, 1.82) is 0 Å². The van der Waals surface area contributed by atoms with E-state index in [1.54, 1.807) is 36.2 Å². The van der Waals surface area contributed by atoms with Crippen molar-refractivity contribution in [2.24, 2.45) is 7.05 Å². The van der Waals surface area contributed by atoms with Gasteiger partial charge in [0.25, 0.3) is 11.6 Å². The molecule has 9 heteroatoms. The van der Waals surface area contributed by atoms with E-state index in [0.717, 1.165) is 5.56 Å². The number of nitrogens with zero attached hydrogens (tertiary/aromatic N) is 3. The Kier molecular flexibility index (Phi) is 4.70. The predicted octanol–water partition coefficient (Wildman–Crippen LogP) is 2.18. The van der Waals surface area contributed by atoms with Gasteiger partial charge in [0, 0.05) is 25.5 Å². The van der Waals surface area contributed by atoms with Crippen LogP contribution in [0.5, 0.6) is 5.75 Å². The SMILES string of the molecule is COc1cccc([C@@H](NC(=O)c2cc([N+](=O)[O-])c[nH]2)c2nccn2C)c1. The number of carbonyl (C=O) groups excluding carboxylic acids is 1. The topological polar surface area (TPSA) is 115 Å². The third-order valence-electron chi connectivity index (χ3n) is 3.94. The molecule has 1 atom stereocenters. The van der Waals surface area contributed by atoms with Crippen LogP contribution in [-0.2, 0) is 7.05 Å². The van der Waals surface area contributed by atoms with Gasteiger partial charge in [-0.25, -0.2) is 4.98 Å². The molecule has 0 aliphatic rings. The Labute approximate surface area is 148 Å². The molecular formula is C17H17N5O4. The summed E-state index contributed by atoms with van der Waals surface area (Å²) in [5.74, 6) is 0.785. The molecule has 0 bridgehead atoms. The fourth-order valence-electron chi connectivity index (χ4n) is 2.60. The van der Waals surface area contributed by atoms with Crippen molar-refractivity contribution in [2.45, 2.75) is 6.04 Å². The van der Waals surface area contributed by atoms with Crippen LogP contribution >= 0.6 is 0 Å². The van der Waals surface area contributed by atoms with Crippen molar-refractivity contribution in [1.82, 2.24) is 19.9 Å². The Morgan fingerprint density at radius 1 is 1.42 bits per heavy atom. The van der Waals surface area contributed by atoms with Gasteiger partial charge in [0.05, 0.1) is 18.2 Å². The van der Waals surface area contributed by atoms with Crippen molar-refractivity contribution < 1.29 is 14.5 Å². The lowest BCUT2D eigenvalue weighted by atomic mass is 10.1. The van der Waals surface area contributed by atoms with Gasteiger partial charge in [0.1, 0.15) is 23.3 Å². The largest absolute Gasteiger partial charge is 0.497 e. The molecule has 2 aromatic heterocycles. The van der Waals surface area contributed by atoms with Crippen LogP contribution in [0.1, 0.15) is 27.9 Å². The van der Waals surface area contributed by atoms with Crippen LogP contribution in [-0.4, -0.2) is 32.5 Å². The monoisotopic (exact) mass is 355 g/mol. The molecule has 0 radical (unpaired) electrons. The first-order valence-electron chi connectivity index (χ1n) is 7.74. The Morgan fingerprint density at radius 3 is 2.85 bits per heavy atom. The number of nitro groups is 1. The van der Waals surface area contributed by atoms with E-state index in [-0.39, 0.29) is 11.4 Å². The van der Waals surface area contributed by atoms with E-state index in [0.29, 0.717) is 11.6 Å². The first-order valence-corrected chi connectivity index (χ1v) is 7.74. The molecule has 0 unspecified atom stereocenters. The van der Waals surface area contributed by atoms with Crippen LogP contribution in [0.15, 0.2) is 48.9 Å². The quantitative estimate of drug-likeness (QED) is 0.519. The van der Waals surface area contributed by atoms with Crippen molar-refractivity contribution in [2.75, 3.05) is 7.11 Å². The molecule has 0 saturated heterocycles. The summed E-state index contributed by atoms with van der Waals surface area (Å²) in [6.07, 6.45) is 4.58. The van der Waals surface area contributed by atoms with Crippen LogP contribution in [0.4, 0.5) is 5.69 Å². The van der Waals surface area contributed by atoms with Gasteiger partial charge in [-0.2, -0.15) is 0 Å². The second-order valence-corrected chi connectivity index (χ2v) is 5.61. The maximum Gasteiger partial charge on any atom is 0.287 e. The third kappa shape index (κ3) is 3.41. The molecule has 2 heterocycles. The Bertz CT molecular complexity index is 946. The average molecular weight is 355 g/mol. The molecule has 0 saturated carbocycles. The molecule has 1 aromatic carbocycles. The maximum atomic E-state index is 12.6. The molecule has 0 fully saturated rings. The number of H-pyrrole nitrogens is 1. The Morgan fingerprint density at radius 2 is 2.23 bits per heavy atom. The highest BCUT2D eigenvalue weighted by Gasteiger charge is 2.23. The highest BCUT2D eigenvalue weighted by atomic mass is 16.6. The molecule has 3 rings (SSSR count). The zero-order valence-corrected chi connectivity index (χ0v) is 14.2. The summed E-state index contributed by atoms with van der Waals surface area (Å²) in [5.41, 5.74) is 0.692. The number of nitrogens with one attached hydrogen (secondary N) is 2. The van der Waals surface area contributed by atoms with Crippen LogP contribution in [0.2, 0.25) is 0 Å². The van der Waals surface area contributed by atoms with Crippen molar-refractivity contribution >= 4 is 11.6 Å². The van der Waals surface area contributed by atoms with Crippen molar-refractivity contribution in [3.8, 4) is 5.75 Å². The minimum Gasteiger partial charge on any atom is -0.497 e. The molecule has 1 amide bonds. The second-order valence-electron chi connectivity index (χ2n) is 5.61. The summed E-state index contributed by atoms with van der Waals surface area (Å²) in [7, 11) is 3.38. The van der Waals surface area contributed by atoms with Crippen LogP contribution < -0.4 is 10.1 Å². The first kappa shape index (κ1) is 17.2. The number of methoxy groups -OCH3 is 1. The van der Waals surface area contributed by atoms with Crippen LogP contribution in [0, 0.1) is 10.1 Å². The molecule has 0 aliphatic heterocycles. The lowest BCUT2D eigenvalue weighted by Gasteiger charge is -2.19. The number of rotatable bonds is 6. The van der Waals surface area contributed by atoms with Crippen molar-refractivity contribution in [3.63, 3.8) is 0 Å². The number of aromatic amines is 1. The predicted molar refractivity (Wildman–Crippen MR) is 93.0 cm³/mol. The van der Waals surface area contributed by atoms with Gasteiger partial charge in [-0.1, -0.05) is 12.1 Å². The van der Waals surface area contributed by atoms with E-state index in [4.69, 9.17) is 4.74 Å². The number of aromatic nitrogens is 3. The number of hydrogen-bond acceptors (Lipinski definition) is 5. The van der Waals surface area contributed by atoms with Crippen molar-refractivity contribution in [3.05, 3.63) is 76.1 Å². The zero-order valence-electron chi connectivity index (χ0n) is 14.2. The average Bonchev–Trinajstić information content (AvgIpc) is 3.29. The van der Waals surface area contributed by atoms with Gasteiger partial charge in [-0.05, 0) is 17.7 Å². The minimum atomic E-state index is -0.564. The van der Waals surface area contributed by atoms with Gasteiger partial charge in [-0.15, -0.1) is 0 Å². The van der Waals surface area contributed by atoms with Gasteiger partial charge < -0.3 is 19.6 Å². The van der Waals surface area contributed by atoms with Gasteiger partial charge in [0.15, 0.2) is 0 Å². The number of imidazole rings is 1. The summed E-state index contributed by atoms with van der Waals surface area (Å²) < 4.78 is 7.04. The highest BCUT2D eigenvalue weighted by Crippen LogP contribution is 2.25. The summed E-state index contributed by atoms with van der Waals surface area (Å²) in [4.78, 5) is 29.8. The first-order chi connectivity index (χ1) is 12.5. The third-order valence-corrected chi connectivity index (χ3v) is 3.94. The maximum absolute atomic E-state index is 12.6. The van der Waals surface area contributed by atoms with E-state index in [1.165, 1.54) is 12.3 Å². The molecule has 0 spiro atoms. The molecular weight excluding hydrogens is 338 g/mol. The summed E-state index contributed by atoms with van der Waals surface area (Å²) in [6, 6.07) is 7.90. The lowest BCUT2D eigenvalue weighted by Crippen LogP contribution is -2.31. The molecule has 134 valence electrons. The van der Waals surface area contributed by atoms with E-state index in [9.17, 15) is 14.9 Å². The molecule has 0 aliphatic carbocycles. The Hall–Kier alpha value is -3.62. The standard InChI is InChI=1S/C17H17N5O4/c1-21-7-6-18-16(21)15(11-4-3-5-13(8-11)26-2)20-17(23)14-9-12(10-19-14)22(24)25/h3-10,15,19H,1-2H3,(H,20,23)/t15-/m1/s1. The smallest absolute Gasteiger partial charge is 0.287 e. The molecule has 26 heavy (non-hydrogen) atoms. The molecule has 2 N–H and O–H groups in total. The summed E-state index contributed by atoms with van der Waals surface area (Å²) in [5, 5.41) is 13.7. The van der Waals surface area contributed by atoms with E-state index >= 15 is 0 Å². The number of amides is 1. The fraction of sp³-hybridized carbons (Fsp3) is 0.176. The van der Waals surface area contributed by atoms with E-state index < -0.39 is 16.9 Å². The van der Waals surface area contributed by atoms with Crippen LogP contribution in [0.3, 0.4) is 0 Å². The van der Waals surface area contributed by atoms with E-state index in [1.807, 2.05) is 19.2 Å². The van der Waals surface area contributed by atoms with Gasteiger partial charge >= 0.3 is 0 Å². The zero-order chi connectivity index (χ0) is 18.7. The summed E-state index contributed by atoms with van der Waals surface area (Å²) >= 11 is 0. The normalized spacial score (nSPS) is 11.8. The van der Waals surface area contributed by atoms with Gasteiger partial charge in [0.2, 0.25) is 0 Å². The number of benzene rings is 1. The minimum absolute atomic E-state index is 0.0961. The van der Waals surface area contributed by atoms with Crippen LogP contribution in [0.25, 0.3) is 0 Å². The fourth-order valence-corrected chi connectivity index (χ4v) is 2.60. The number of hydrogen-bond donors (Lipinski definition) is 2. The number of aryl methyl sites for hydroxylation is 1. The molecule has 9 nitrogen and oxygen atoms in total. The molecule has 3 aromatic rings. The highest BCUT2D eigenvalue weighted by molar-refractivity contribution is 5.93. The Balaban J connectivity index is 1.94.